The lowest BCUT2D eigenvalue weighted by atomic mass is 10.1. The predicted molar refractivity (Wildman–Crippen MR) is 132 cm³/mol. The molecule has 7 nitrogen and oxygen atoms in total. The van der Waals surface area contributed by atoms with Crippen molar-refractivity contribution in [1.29, 1.82) is 0 Å². The molecule has 1 aromatic carbocycles. The zero-order valence-corrected chi connectivity index (χ0v) is 20.6. The molecule has 0 aromatic heterocycles. The fraction of sp³-hybridized carbons (Fsp3) is 0.444. The highest BCUT2D eigenvalue weighted by atomic mass is 16.5. The molecule has 0 spiro atoms. The van der Waals surface area contributed by atoms with Crippen molar-refractivity contribution >= 4 is 17.9 Å². The van der Waals surface area contributed by atoms with Crippen molar-refractivity contribution < 1.29 is 28.6 Å². The van der Waals surface area contributed by atoms with Crippen LogP contribution in [0.1, 0.15) is 45.6 Å². The number of esters is 3. The third-order valence-electron chi connectivity index (χ3n) is 5.22. The highest BCUT2D eigenvalue weighted by Crippen LogP contribution is 2.15. The number of hydrogen-bond donors (Lipinski definition) is 0. The van der Waals surface area contributed by atoms with E-state index in [9.17, 15) is 14.4 Å². The molecule has 0 aliphatic carbocycles. The van der Waals surface area contributed by atoms with Gasteiger partial charge in [0.15, 0.2) is 0 Å². The molecular formula is C27H37NO6. The largest absolute Gasteiger partial charge is 0.465 e. The fourth-order valence-corrected chi connectivity index (χ4v) is 3.27. The number of hydrogen-bond acceptors (Lipinski definition) is 7. The Labute approximate surface area is 203 Å². The third kappa shape index (κ3) is 11.1. The van der Waals surface area contributed by atoms with Crippen LogP contribution in [0.3, 0.4) is 0 Å². The van der Waals surface area contributed by atoms with Gasteiger partial charge >= 0.3 is 17.9 Å². The van der Waals surface area contributed by atoms with Gasteiger partial charge in [-0.2, -0.15) is 0 Å². The Morgan fingerprint density at radius 1 is 0.941 bits per heavy atom. The van der Waals surface area contributed by atoms with Crippen molar-refractivity contribution in [3.05, 3.63) is 66.8 Å². The zero-order valence-electron chi connectivity index (χ0n) is 20.6. The maximum absolute atomic E-state index is 12.5. The second kappa shape index (κ2) is 16.4. The van der Waals surface area contributed by atoms with E-state index in [1.54, 1.807) is 37.3 Å². The first-order chi connectivity index (χ1) is 16.4. The number of rotatable bonds is 16. The van der Waals surface area contributed by atoms with Gasteiger partial charge in [0.2, 0.25) is 0 Å². The van der Waals surface area contributed by atoms with Gasteiger partial charge in [-0.05, 0) is 36.4 Å². The second-order valence-electron chi connectivity index (χ2n) is 7.57. The maximum atomic E-state index is 12.5. The van der Waals surface area contributed by atoms with E-state index in [4.69, 9.17) is 14.2 Å². The Bertz CT molecular complexity index is 839. The molecule has 0 aliphatic rings. The molecule has 186 valence electrons. The molecule has 0 unspecified atom stereocenters. The minimum absolute atomic E-state index is 0.0905. The first-order valence-corrected chi connectivity index (χ1v) is 11.7. The summed E-state index contributed by atoms with van der Waals surface area (Å²) in [6.45, 7) is 14.7. The van der Waals surface area contributed by atoms with Gasteiger partial charge in [-0.15, -0.1) is 0 Å². The smallest absolute Gasteiger partial charge is 0.310 e. The average Bonchev–Trinajstić information content (AvgIpc) is 2.83. The average molecular weight is 472 g/mol. The van der Waals surface area contributed by atoms with Gasteiger partial charge < -0.3 is 14.2 Å². The maximum Gasteiger partial charge on any atom is 0.310 e. The standard InChI is InChI=1S/C27H37NO6/c1-6-11-21(7-2)20-33-27(31)19-23(28(9-4)10-5)18-26(30)32-17-16-22-12-14-24(15-13-22)34-25(29)8-3/h6-7,11-15,23H,1-2,8-10,16-20H2,3-5H3/b21-11+/t23-/m1/s1. The second-order valence-corrected chi connectivity index (χ2v) is 7.57. The first-order valence-electron chi connectivity index (χ1n) is 11.7. The predicted octanol–water partition coefficient (Wildman–Crippen LogP) is 4.42. The van der Waals surface area contributed by atoms with E-state index in [0.717, 1.165) is 11.1 Å². The van der Waals surface area contributed by atoms with Gasteiger partial charge in [0.05, 0.1) is 19.4 Å². The van der Waals surface area contributed by atoms with Gasteiger partial charge in [0.25, 0.3) is 0 Å². The number of benzene rings is 1. The van der Waals surface area contributed by atoms with Gasteiger partial charge in [0.1, 0.15) is 12.4 Å². The van der Waals surface area contributed by atoms with E-state index in [1.165, 1.54) is 0 Å². The Kier molecular flexibility index (Phi) is 13.9. The fourth-order valence-electron chi connectivity index (χ4n) is 3.27. The molecule has 0 heterocycles. The van der Waals surface area contributed by atoms with E-state index in [1.807, 2.05) is 30.9 Å². The Balaban J connectivity index is 2.57. The summed E-state index contributed by atoms with van der Waals surface area (Å²) in [5.74, 6) is -0.550. The molecule has 0 amide bonds. The molecule has 1 aromatic rings. The topological polar surface area (TPSA) is 82.1 Å². The van der Waals surface area contributed by atoms with Crippen LogP contribution < -0.4 is 4.74 Å². The van der Waals surface area contributed by atoms with Crippen LogP contribution in [0.25, 0.3) is 0 Å². The van der Waals surface area contributed by atoms with Crippen LogP contribution in [0.2, 0.25) is 0 Å². The normalized spacial score (nSPS) is 12.1. The summed E-state index contributed by atoms with van der Waals surface area (Å²) in [6, 6.07) is 6.79. The molecule has 0 fully saturated rings. The van der Waals surface area contributed by atoms with Gasteiger partial charge in [-0.25, -0.2) is 0 Å². The number of ether oxygens (including phenoxy) is 3. The van der Waals surface area contributed by atoms with Crippen LogP contribution in [-0.4, -0.2) is 55.2 Å². The van der Waals surface area contributed by atoms with E-state index in [2.05, 4.69) is 13.2 Å². The number of nitrogens with zero attached hydrogens (tertiary/aromatic N) is 1. The Hall–Kier alpha value is -3.19. The highest BCUT2D eigenvalue weighted by molar-refractivity contribution is 5.74. The molecule has 0 radical (unpaired) electrons. The van der Waals surface area contributed by atoms with Crippen LogP contribution >= 0.6 is 0 Å². The molecule has 0 aliphatic heterocycles. The van der Waals surface area contributed by atoms with Gasteiger partial charge in [0, 0.05) is 18.9 Å². The highest BCUT2D eigenvalue weighted by Gasteiger charge is 2.24. The zero-order chi connectivity index (χ0) is 25.3. The lowest BCUT2D eigenvalue weighted by Crippen LogP contribution is -2.39. The molecular weight excluding hydrogens is 434 g/mol. The lowest BCUT2D eigenvalue weighted by molar-refractivity contribution is -0.147. The van der Waals surface area contributed by atoms with Crippen molar-refractivity contribution in [3.8, 4) is 5.75 Å². The summed E-state index contributed by atoms with van der Waals surface area (Å²) in [6.07, 6.45) is 5.98. The van der Waals surface area contributed by atoms with Crippen molar-refractivity contribution in [2.45, 2.75) is 52.5 Å². The SMILES string of the molecule is C=C/C=C(\C=C)COC(=O)C[C@@H](CC(=O)OCCc1ccc(OC(=O)CC)cc1)N(CC)CC. The molecule has 7 heteroatoms. The van der Waals surface area contributed by atoms with Crippen LogP contribution in [0.5, 0.6) is 5.75 Å². The van der Waals surface area contributed by atoms with Gasteiger partial charge in [-0.3, -0.25) is 19.3 Å². The molecule has 1 atom stereocenters. The number of carbonyl (C=O) groups is 3. The van der Waals surface area contributed by atoms with E-state index < -0.39 is 0 Å². The van der Waals surface area contributed by atoms with Crippen LogP contribution in [0.15, 0.2) is 61.2 Å². The molecule has 1 rings (SSSR count). The first kappa shape index (κ1) is 28.8. The van der Waals surface area contributed by atoms with Gasteiger partial charge in [-0.1, -0.05) is 64.3 Å². The van der Waals surface area contributed by atoms with Crippen molar-refractivity contribution in [1.82, 2.24) is 4.90 Å². The summed E-state index contributed by atoms with van der Waals surface area (Å²) in [5.41, 5.74) is 1.71. The van der Waals surface area contributed by atoms with Crippen LogP contribution in [0.4, 0.5) is 0 Å². The minimum Gasteiger partial charge on any atom is -0.465 e. The quantitative estimate of drug-likeness (QED) is 0.200. The summed E-state index contributed by atoms with van der Waals surface area (Å²) < 4.78 is 15.9. The molecule has 34 heavy (non-hydrogen) atoms. The van der Waals surface area contributed by atoms with Crippen LogP contribution in [-0.2, 0) is 30.3 Å². The van der Waals surface area contributed by atoms with Crippen molar-refractivity contribution in [3.63, 3.8) is 0 Å². The number of allylic oxidation sites excluding steroid dienone is 2. The summed E-state index contributed by atoms with van der Waals surface area (Å²) in [7, 11) is 0. The summed E-state index contributed by atoms with van der Waals surface area (Å²) in [4.78, 5) is 38.3. The summed E-state index contributed by atoms with van der Waals surface area (Å²) in [5, 5.41) is 0. The van der Waals surface area contributed by atoms with E-state index in [0.29, 0.717) is 31.7 Å². The molecule has 0 bridgehead atoms. The molecule has 0 N–H and O–H groups in total. The Morgan fingerprint density at radius 2 is 1.56 bits per heavy atom. The monoisotopic (exact) mass is 471 g/mol. The Morgan fingerprint density at radius 3 is 2.09 bits per heavy atom. The third-order valence-corrected chi connectivity index (χ3v) is 5.22. The van der Waals surface area contributed by atoms with Crippen LogP contribution in [0, 0.1) is 0 Å². The van der Waals surface area contributed by atoms with E-state index in [-0.39, 0.29) is 50.0 Å². The molecule has 0 saturated carbocycles. The number of carbonyl (C=O) groups excluding carboxylic acids is 3. The summed E-state index contributed by atoms with van der Waals surface area (Å²) >= 11 is 0. The van der Waals surface area contributed by atoms with Crippen molar-refractivity contribution in [2.75, 3.05) is 26.3 Å². The minimum atomic E-state index is -0.384. The van der Waals surface area contributed by atoms with Crippen molar-refractivity contribution in [2.24, 2.45) is 0 Å². The van der Waals surface area contributed by atoms with E-state index >= 15 is 0 Å². The lowest BCUT2D eigenvalue weighted by Gasteiger charge is -2.28. The molecule has 0 saturated heterocycles.